The van der Waals surface area contributed by atoms with Gasteiger partial charge in [0.15, 0.2) is 0 Å². The zero-order chi connectivity index (χ0) is 28.1. The van der Waals surface area contributed by atoms with Crippen LogP contribution < -0.4 is 16.4 Å². The van der Waals surface area contributed by atoms with Crippen molar-refractivity contribution in [2.75, 3.05) is 0 Å². The Morgan fingerprint density at radius 2 is 1.50 bits per heavy atom. The summed E-state index contributed by atoms with van der Waals surface area (Å²) in [5.41, 5.74) is 7.66. The first kappa shape index (κ1) is 30.0. The van der Waals surface area contributed by atoms with Crippen molar-refractivity contribution in [1.29, 1.82) is 5.41 Å². The smallest absolute Gasteiger partial charge is 0.326 e. The maximum atomic E-state index is 13.2. The summed E-state index contributed by atoms with van der Waals surface area (Å²) >= 11 is 0. The number of hydrogen-bond donors (Lipinski definition) is 6. The summed E-state index contributed by atoms with van der Waals surface area (Å²) in [6.07, 6.45) is 4.53. The summed E-state index contributed by atoms with van der Waals surface area (Å²) in [6.45, 7) is 1.34. The van der Waals surface area contributed by atoms with Gasteiger partial charge in [0.2, 0.25) is 11.8 Å². The summed E-state index contributed by atoms with van der Waals surface area (Å²) in [4.78, 5) is 47.3. The molecule has 0 radical (unpaired) electrons. The van der Waals surface area contributed by atoms with E-state index < -0.39 is 35.7 Å². The molecule has 0 bridgehead atoms. The highest BCUT2D eigenvalue weighted by Gasteiger charge is 2.35. The summed E-state index contributed by atoms with van der Waals surface area (Å²) in [5, 5.41) is 30.2. The molecule has 1 aliphatic rings. The lowest BCUT2D eigenvalue weighted by Gasteiger charge is -2.29. The number of benzene rings is 2. The number of carbonyl (C=O) groups is 4. The standard InChI is InChI=1S/C26H32N4O4.C2H4O2/c27-23(28)20-13-11-17(12-14-20)15-21(24(31)29-16-18-7-3-1-4-8-18)25(32)30-22(26(33)34)19-9-5-2-6-10-19;1-2(3)4/h1,3-4,7-8,11-14,19,21-22H,2,5-6,9-10,15-16H2,(H3,27,28)(H,29,31)(H,30,32)(H,33,34);1H3,(H,3,4)/t21-,22+;/m1./s1. The Morgan fingerprint density at radius 3 is 2.03 bits per heavy atom. The number of hydrogen-bond acceptors (Lipinski definition) is 5. The van der Waals surface area contributed by atoms with Gasteiger partial charge in [-0.3, -0.25) is 19.8 Å². The van der Waals surface area contributed by atoms with Gasteiger partial charge < -0.3 is 26.6 Å². The Hall–Kier alpha value is -4.21. The molecular formula is C28H36N4O6. The molecule has 1 saturated carbocycles. The third kappa shape index (κ3) is 10.0. The van der Waals surface area contributed by atoms with E-state index in [9.17, 15) is 19.5 Å². The second-order valence-corrected chi connectivity index (χ2v) is 9.31. The Bertz CT molecular complexity index is 1090. The molecule has 0 aromatic heterocycles. The van der Waals surface area contributed by atoms with Gasteiger partial charge in [-0.15, -0.1) is 0 Å². The first-order valence-electron chi connectivity index (χ1n) is 12.6. The second kappa shape index (κ2) is 15.1. The van der Waals surface area contributed by atoms with Gasteiger partial charge in [0.1, 0.15) is 17.8 Å². The van der Waals surface area contributed by atoms with Gasteiger partial charge in [0, 0.05) is 19.0 Å². The fraction of sp³-hybridized carbons (Fsp3) is 0.393. The van der Waals surface area contributed by atoms with Crippen molar-refractivity contribution < 1.29 is 29.4 Å². The lowest BCUT2D eigenvalue weighted by atomic mass is 9.83. The number of carboxylic acid groups (broad SMARTS) is 2. The Balaban J connectivity index is 0.00000118. The lowest BCUT2D eigenvalue weighted by Crippen LogP contribution is -2.51. The third-order valence-electron chi connectivity index (χ3n) is 6.33. The Labute approximate surface area is 222 Å². The van der Waals surface area contributed by atoms with Crippen molar-refractivity contribution in [3.63, 3.8) is 0 Å². The molecule has 0 saturated heterocycles. The van der Waals surface area contributed by atoms with Gasteiger partial charge in [-0.1, -0.05) is 73.9 Å². The first-order chi connectivity index (χ1) is 18.1. The van der Waals surface area contributed by atoms with Crippen LogP contribution in [-0.4, -0.2) is 45.8 Å². The average Bonchev–Trinajstić information content (AvgIpc) is 2.89. The van der Waals surface area contributed by atoms with Crippen LogP contribution in [0.5, 0.6) is 0 Å². The van der Waals surface area contributed by atoms with E-state index in [2.05, 4.69) is 10.6 Å². The van der Waals surface area contributed by atoms with Crippen LogP contribution in [0.4, 0.5) is 0 Å². The van der Waals surface area contributed by atoms with Crippen LogP contribution in [0.1, 0.15) is 55.7 Å². The average molecular weight is 525 g/mol. The quantitative estimate of drug-likeness (QED) is 0.157. The van der Waals surface area contributed by atoms with Crippen LogP contribution >= 0.6 is 0 Å². The molecule has 10 nitrogen and oxygen atoms in total. The Kier molecular flexibility index (Phi) is 12.0. The van der Waals surface area contributed by atoms with E-state index in [4.69, 9.17) is 21.0 Å². The van der Waals surface area contributed by atoms with Crippen LogP contribution in [0.25, 0.3) is 0 Å². The van der Waals surface area contributed by atoms with E-state index in [1.807, 2.05) is 30.3 Å². The molecule has 0 spiro atoms. The molecule has 2 atom stereocenters. The number of nitrogens with one attached hydrogen (secondary N) is 3. The molecule has 1 aliphatic carbocycles. The van der Waals surface area contributed by atoms with E-state index in [1.165, 1.54) is 0 Å². The molecule has 1 fully saturated rings. The number of amidine groups is 1. The Morgan fingerprint density at radius 1 is 0.921 bits per heavy atom. The number of carboxylic acids is 2. The molecule has 2 amide bonds. The highest BCUT2D eigenvalue weighted by molar-refractivity contribution is 6.01. The highest BCUT2D eigenvalue weighted by Crippen LogP contribution is 2.27. The number of amides is 2. The molecule has 0 aliphatic heterocycles. The van der Waals surface area contributed by atoms with Crippen LogP contribution in [0.2, 0.25) is 0 Å². The fourth-order valence-electron chi connectivity index (χ4n) is 4.37. The van der Waals surface area contributed by atoms with Crippen LogP contribution in [0.3, 0.4) is 0 Å². The summed E-state index contributed by atoms with van der Waals surface area (Å²) in [6, 6.07) is 15.1. The molecule has 10 heteroatoms. The van der Waals surface area contributed by atoms with Gasteiger partial charge >= 0.3 is 5.97 Å². The minimum absolute atomic E-state index is 0.0711. The van der Waals surface area contributed by atoms with Gasteiger partial charge in [-0.2, -0.15) is 0 Å². The maximum absolute atomic E-state index is 13.2. The van der Waals surface area contributed by atoms with Crippen LogP contribution in [0, 0.1) is 17.2 Å². The number of rotatable bonds is 10. The molecule has 2 aromatic rings. The molecule has 2 aromatic carbocycles. The zero-order valence-corrected chi connectivity index (χ0v) is 21.5. The molecule has 0 unspecified atom stereocenters. The normalized spacial score (nSPS) is 14.7. The lowest BCUT2D eigenvalue weighted by molar-refractivity contribution is -0.146. The maximum Gasteiger partial charge on any atom is 0.326 e. The number of nitrogens with two attached hydrogens (primary N) is 1. The van der Waals surface area contributed by atoms with Gasteiger partial charge in [-0.05, 0) is 36.3 Å². The highest BCUT2D eigenvalue weighted by atomic mass is 16.4. The number of aliphatic carboxylic acids is 2. The van der Waals surface area contributed by atoms with E-state index in [0.717, 1.165) is 44.6 Å². The fourth-order valence-corrected chi connectivity index (χ4v) is 4.37. The third-order valence-corrected chi connectivity index (χ3v) is 6.33. The van der Waals surface area contributed by atoms with Gasteiger partial charge in [0.25, 0.3) is 5.97 Å². The zero-order valence-electron chi connectivity index (χ0n) is 21.5. The monoisotopic (exact) mass is 524 g/mol. The van der Waals surface area contributed by atoms with E-state index in [1.54, 1.807) is 24.3 Å². The van der Waals surface area contributed by atoms with Crippen molar-refractivity contribution in [2.45, 2.75) is 58.0 Å². The summed E-state index contributed by atoms with van der Waals surface area (Å²) in [5.74, 6) is -4.29. The minimum atomic E-state index is -1.10. The van der Waals surface area contributed by atoms with Gasteiger partial charge in [0.05, 0.1) is 0 Å². The molecule has 3 rings (SSSR count). The van der Waals surface area contributed by atoms with Crippen LogP contribution in [-0.2, 0) is 32.1 Å². The van der Waals surface area contributed by atoms with E-state index >= 15 is 0 Å². The van der Waals surface area contributed by atoms with Crippen molar-refractivity contribution >= 4 is 29.6 Å². The SMILES string of the molecule is CC(=O)O.N=C(N)c1ccc(C[C@H](C(=O)NCc2ccccc2)C(=O)N[C@H](C(=O)O)C2CCCCC2)cc1. The van der Waals surface area contributed by atoms with Crippen molar-refractivity contribution in [1.82, 2.24) is 10.6 Å². The van der Waals surface area contributed by atoms with E-state index in [0.29, 0.717) is 11.1 Å². The topological polar surface area (TPSA) is 183 Å². The molecular weight excluding hydrogens is 488 g/mol. The molecule has 204 valence electrons. The first-order valence-corrected chi connectivity index (χ1v) is 12.6. The minimum Gasteiger partial charge on any atom is -0.481 e. The summed E-state index contributed by atoms with van der Waals surface area (Å²) < 4.78 is 0. The van der Waals surface area contributed by atoms with E-state index in [-0.39, 0.29) is 24.7 Å². The second-order valence-electron chi connectivity index (χ2n) is 9.31. The van der Waals surface area contributed by atoms with Crippen molar-refractivity contribution in [3.8, 4) is 0 Å². The van der Waals surface area contributed by atoms with Crippen LogP contribution in [0.15, 0.2) is 54.6 Å². The number of carbonyl (C=O) groups excluding carboxylic acids is 2. The molecule has 0 heterocycles. The molecule has 7 N–H and O–H groups in total. The molecule has 38 heavy (non-hydrogen) atoms. The predicted octanol–water partition coefficient (Wildman–Crippen LogP) is 2.69. The number of nitrogen functional groups attached to an aromatic ring is 1. The van der Waals surface area contributed by atoms with Crippen molar-refractivity contribution in [3.05, 3.63) is 71.3 Å². The predicted molar refractivity (Wildman–Crippen MR) is 142 cm³/mol. The van der Waals surface area contributed by atoms with Gasteiger partial charge in [-0.25, -0.2) is 4.79 Å². The van der Waals surface area contributed by atoms with Crippen molar-refractivity contribution in [2.24, 2.45) is 17.6 Å². The largest absolute Gasteiger partial charge is 0.481 e. The summed E-state index contributed by atoms with van der Waals surface area (Å²) in [7, 11) is 0.